The minimum atomic E-state index is -0.249. The van der Waals surface area contributed by atoms with Gasteiger partial charge in [-0.15, -0.1) is 12.4 Å². The molecule has 0 saturated carbocycles. The van der Waals surface area contributed by atoms with Gasteiger partial charge in [0.15, 0.2) is 0 Å². The van der Waals surface area contributed by atoms with E-state index in [2.05, 4.69) is 0 Å². The summed E-state index contributed by atoms with van der Waals surface area (Å²) in [6.07, 6.45) is 0. The first-order valence-corrected chi connectivity index (χ1v) is 5.50. The molecule has 2 N–H and O–H groups in total. The predicted molar refractivity (Wildman–Crippen MR) is 77.7 cm³/mol. The van der Waals surface area contributed by atoms with Gasteiger partial charge in [-0.2, -0.15) is 0 Å². The quantitative estimate of drug-likeness (QED) is 0.533. The van der Waals surface area contributed by atoms with Crippen molar-refractivity contribution in [3.8, 4) is 5.75 Å². The summed E-state index contributed by atoms with van der Waals surface area (Å²) in [6, 6.07) is 15.9. The summed E-state index contributed by atoms with van der Waals surface area (Å²) in [5, 5.41) is 1.12. The van der Waals surface area contributed by atoms with Crippen molar-refractivity contribution in [1.82, 2.24) is 0 Å². The molecule has 5 heteroatoms. The fourth-order valence-electron chi connectivity index (χ4n) is 1.58. The Labute approximate surface area is 118 Å². The van der Waals surface area contributed by atoms with Crippen molar-refractivity contribution in [1.29, 1.82) is 0 Å². The standard InChI is InChI=1S/C14H14N2O2.ClH/c1-18-13-9-7-12(8-10-13)16(15)14(17)11-5-3-2-4-6-11;/h2-10H,15H2,1H3;1H. The molecule has 100 valence electrons. The van der Waals surface area contributed by atoms with Gasteiger partial charge in [0.05, 0.1) is 12.8 Å². The first-order valence-electron chi connectivity index (χ1n) is 5.50. The summed E-state index contributed by atoms with van der Waals surface area (Å²) >= 11 is 0. The van der Waals surface area contributed by atoms with Crippen LogP contribution in [0.2, 0.25) is 0 Å². The van der Waals surface area contributed by atoms with Gasteiger partial charge in [0.1, 0.15) is 5.75 Å². The van der Waals surface area contributed by atoms with Crippen molar-refractivity contribution in [2.24, 2.45) is 5.84 Å². The lowest BCUT2D eigenvalue weighted by Gasteiger charge is -2.16. The van der Waals surface area contributed by atoms with E-state index in [0.717, 1.165) is 10.8 Å². The number of anilines is 1. The Balaban J connectivity index is 0.00000180. The number of nitrogens with zero attached hydrogens (tertiary/aromatic N) is 1. The van der Waals surface area contributed by atoms with E-state index in [1.807, 2.05) is 6.07 Å². The molecule has 0 spiro atoms. The predicted octanol–water partition coefficient (Wildman–Crippen LogP) is 2.64. The zero-order valence-electron chi connectivity index (χ0n) is 10.4. The van der Waals surface area contributed by atoms with Crippen LogP contribution in [0.25, 0.3) is 0 Å². The molecule has 0 saturated heterocycles. The van der Waals surface area contributed by atoms with Gasteiger partial charge in [-0.1, -0.05) is 18.2 Å². The highest BCUT2D eigenvalue weighted by Crippen LogP contribution is 2.18. The van der Waals surface area contributed by atoms with Crippen LogP contribution in [0.5, 0.6) is 5.75 Å². The van der Waals surface area contributed by atoms with Crippen LogP contribution in [-0.4, -0.2) is 13.0 Å². The highest BCUT2D eigenvalue weighted by Gasteiger charge is 2.13. The van der Waals surface area contributed by atoms with Crippen LogP contribution in [-0.2, 0) is 0 Å². The van der Waals surface area contributed by atoms with Gasteiger partial charge in [-0.05, 0) is 36.4 Å². The van der Waals surface area contributed by atoms with Gasteiger partial charge in [0, 0.05) is 5.56 Å². The van der Waals surface area contributed by atoms with E-state index >= 15 is 0 Å². The van der Waals surface area contributed by atoms with Crippen LogP contribution in [0.1, 0.15) is 10.4 Å². The number of rotatable bonds is 3. The maximum absolute atomic E-state index is 12.1. The van der Waals surface area contributed by atoms with E-state index in [-0.39, 0.29) is 18.3 Å². The van der Waals surface area contributed by atoms with Crippen LogP contribution in [0, 0.1) is 0 Å². The van der Waals surface area contributed by atoms with Gasteiger partial charge in [-0.3, -0.25) is 4.79 Å². The number of ether oxygens (including phenoxy) is 1. The van der Waals surface area contributed by atoms with E-state index in [9.17, 15) is 4.79 Å². The zero-order chi connectivity index (χ0) is 13.0. The average Bonchev–Trinajstić information content (AvgIpc) is 2.47. The third kappa shape index (κ3) is 3.47. The fraction of sp³-hybridized carbons (Fsp3) is 0.0714. The van der Waals surface area contributed by atoms with Crippen molar-refractivity contribution in [2.45, 2.75) is 0 Å². The van der Waals surface area contributed by atoms with E-state index in [1.165, 1.54) is 0 Å². The maximum atomic E-state index is 12.1. The van der Waals surface area contributed by atoms with Crippen LogP contribution >= 0.6 is 12.4 Å². The van der Waals surface area contributed by atoms with Gasteiger partial charge >= 0.3 is 0 Å². The number of hydrogen-bond acceptors (Lipinski definition) is 3. The molecule has 1 amide bonds. The first kappa shape index (κ1) is 15.0. The molecule has 0 fully saturated rings. The van der Waals surface area contributed by atoms with Crippen molar-refractivity contribution in [3.63, 3.8) is 0 Å². The van der Waals surface area contributed by atoms with E-state index in [4.69, 9.17) is 10.6 Å². The molecular weight excluding hydrogens is 264 g/mol. The van der Waals surface area contributed by atoms with Gasteiger partial charge in [-0.25, -0.2) is 10.9 Å². The second-order valence-corrected chi connectivity index (χ2v) is 3.74. The van der Waals surface area contributed by atoms with E-state index < -0.39 is 0 Å². The SMILES string of the molecule is COc1ccc(N(N)C(=O)c2ccccc2)cc1.Cl. The summed E-state index contributed by atoms with van der Waals surface area (Å²) in [7, 11) is 1.59. The number of carbonyl (C=O) groups is 1. The lowest BCUT2D eigenvalue weighted by Crippen LogP contribution is -2.37. The summed E-state index contributed by atoms with van der Waals surface area (Å²) in [6.45, 7) is 0. The molecule has 0 aromatic heterocycles. The molecule has 2 rings (SSSR count). The van der Waals surface area contributed by atoms with Crippen molar-refractivity contribution in [3.05, 3.63) is 60.2 Å². The molecule has 2 aromatic rings. The Morgan fingerprint density at radius 1 is 1.05 bits per heavy atom. The highest BCUT2D eigenvalue weighted by molar-refractivity contribution is 6.05. The summed E-state index contributed by atoms with van der Waals surface area (Å²) in [4.78, 5) is 12.1. The third-order valence-corrected chi connectivity index (χ3v) is 2.59. The summed E-state index contributed by atoms with van der Waals surface area (Å²) in [5.41, 5.74) is 1.17. The average molecular weight is 279 g/mol. The Morgan fingerprint density at radius 3 is 2.16 bits per heavy atom. The smallest absolute Gasteiger partial charge is 0.272 e. The number of nitrogens with two attached hydrogens (primary N) is 1. The third-order valence-electron chi connectivity index (χ3n) is 2.59. The molecule has 2 aromatic carbocycles. The monoisotopic (exact) mass is 278 g/mol. The number of benzene rings is 2. The fourth-order valence-corrected chi connectivity index (χ4v) is 1.58. The van der Waals surface area contributed by atoms with Crippen molar-refractivity contribution in [2.75, 3.05) is 12.1 Å². The van der Waals surface area contributed by atoms with Crippen LogP contribution < -0.4 is 15.6 Å². The molecular formula is C14H15ClN2O2. The molecule has 4 nitrogen and oxygen atoms in total. The van der Waals surface area contributed by atoms with Crippen LogP contribution in [0.4, 0.5) is 5.69 Å². The summed E-state index contributed by atoms with van der Waals surface area (Å²) < 4.78 is 5.05. The van der Waals surface area contributed by atoms with Crippen molar-refractivity contribution >= 4 is 24.0 Å². The molecule has 0 bridgehead atoms. The number of methoxy groups -OCH3 is 1. The Hall–Kier alpha value is -2.04. The van der Waals surface area contributed by atoms with Crippen LogP contribution in [0.3, 0.4) is 0 Å². The number of hydrazine groups is 1. The zero-order valence-corrected chi connectivity index (χ0v) is 11.3. The van der Waals surface area contributed by atoms with Gasteiger partial charge in [0.25, 0.3) is 5.91 Å². The topological polar surface area (TPSA) is 55.6 Å². The van der Waals surface area contributed by atoms with Crippen molar-refractivity contribution < 1.29 is 9.53 Å². The lowest BCUT2D eigenvalue weighted by atomic mass is 10.2. The Bertz CT molecular complexity index is 529. The molecule has 0 aliphatic heterocycles. The highest BCUT2D eigenvalue weighted by atomic mass is 35.5. The maximum Gasteiger partial charge on any atom is 0.272 e. The second-order valence-electron chi connectivity index (χ2n) is 3.74. The molecule has 0 aliphatic carbocycles. The minimum absolute atomic E-state index is 0. The van der Waals surface area contributed by atoms with E-state index in [1.54, 1.807) is 55.6 Å². The van der Waals surface area contributed by atoms with Gasteiger partial charge < -0.3 is 4.74 Å². The second kappa shape index (κ2) is 6.78. The van der Waals surface area contributed by atoms with Crippen LogP contribution in [0.15, 0.2) is 54.6 Å². The lowest BCUT2D eigenvalue weighted by molar-refractivity contribution is 0.0987. The largest absolute Gasteiger partial charge is 0.497 e. The Kier molecular flexibility index (Phi) is 5.36. The molecule has 0 heterocycles. The number of halogens is 1. The molecule has 0 aliphatic rings. The number of amides is 1. The molecule has 0 atom stereocenters. The molecule has 0 unspecified atom stereocenters. The molecule has 0 radical (unpaired) electrons. The number of hydrogen-bond donors (Lipinski definition) is 1. The number of carbonyl (C=O) groups excluding carboxylic acids is 1. The minimum Gasteiger partial charge on any atom is -0.497 e. The normalized spacial score (nSPS) is 9.37. The first-order chi connectivity index (χ1) is 8.72. The van der Waals surface area contributed by atoms with Gasteiger partial charge in [0.2, 0.25) is 0 Å². The van der Waals surface area contributed by atoms with E-state index in [0.29, 0.717) is 11.3 Å². The molecule has 19 heavy (non-hydrogen) atoms. The Morgan fingerprint density at radius 2 is 1.63 bits per heavy atom. The summed E-state index contributed by atoms with van der Waals surface area (Å²) in [5.74, 6) is 6.28.